The molecule has 0 unspecified atom stereocenters. The Bertz CT molecular complexity index is 682. The third-order valence-corrected chi connectivity index (χ3v) is 2.64. The minimum Gasteiger partial charge on any atom is -0.478 e. The average Bonchev–Trinajstić information content (AvgIpc) is 2.41. The van der Waals surface area contributed by atoms with Crippen molar-refractivity contribution in [2.45, 2.75) is 0 Å². The molecule has 6 nitrogen and oxygen atoms in total. The summed E-state index contributed by atoms with van der Waals surface area (Å²) in [5.74, 6) is -1.08. The van der Waals surface area contributed by atoms with Crippen molar-refractivity contribution < 1.29 is 14.6 Å². The second-order valence-corrected chi connectivity index (χ2v) is 4.29. The van der Waals surface area contributed by atoms with Gasteiger partial charge in [0.15, 0.2) is 0 Å². The van der Waals surface area contributed by atoms with E-state index in [-0.39, 0.29) is 22.9 Å². The number of aromatic nitrogens is 2. The van der Waals surface area contributed by atoms with E-state index in [0.29, 0.717) is 4.47 Å². The van der Waals surface area contributed by atoms with E-state index in [1.807, 2.05) is 6.07 Å². The predicted molar refractivity (Wildman–Crippen MR) is 67.9 cm³/mol. The zero-order valence-electron chi connectivity index (χ0n) is 9.37. The normalized spacial score (nSPS) is 9.68. The number of halogens is 1. The number of aromatic carboxylic acids is 1. The van der Waals surface area contributed by atoms with Crippen molar-refractivity contribution >= 4 is 21.9 Å². The molecule has 2 rings (SSSR count). The lowest BCUT2D eigenvalue weighted by molar-refractivity contribution is 0.0694. The Morgan fingerprint density at radius 1 is 1.37 bits per heavy atom. The fourth-order valence-electron chi connectivity index (χ4n) is 1.34. The second-order valence-electron chi connectivity index (χ2n) is 3.37. The van der Waals surface area contributed by atoms with Crippen LogP contribution >= 0.6 is 15.9 Å². The number of benzene rings is 1. The van der Waals surface area contributed by atoms with E-state index in [0.717, 1.165) is 0 Å². The number of carboxylic acids is 1. The van der Waals surface area contributed by atoms with Gasteiger partial charge in [-0.2, -0.15) is 5.26 Å². The van der Waals surface area contributed by atoms with Crippen LogP contribution in [-0.4, -0.2) is 21.0 Å². The molecule has 2 aromatic rings. The number of carbonyl (C=O) groups is 1. The van der Waals surface area contributed by atoms with Crippen LogP contribution in [0.2, 0.25) is 0 Å². The van der Waals surface area contributed by atoms with Crippen molar-refractivity contribution in [1.82, 2.24) is 9.97 Å². The molecule has 0 aliphatic carbocycles. The Kier molecular flexibility index (Phi) is 3.73. The van der Waals surface area contributed by atoms with Crippen molar-refractivity contribution in [3.63, 3.8) is 0 Å². The molecule has 0 spiro atoms. The van der Waals surface area contributed by atoms with Crippen LogP contribution in [0.3, 0.4) is 0 Å². The molecular formula is C12H6BrN3O3. The molecule has 0 saturated carbocycles. The lowest BCUT2D eigenvalue weighted by atomic mass is 10.2. The molecule has 0 bridgehead atoms. The fourth-order valence-corrected chi connectivity index (χ4v) is 1.70. The van der Waals surface area contributed by atoms with Gasteiger partial charge in [-0.3, -0.25) is 0 Å². The minimum atomic E-state index is -1.14. The largest absolute Gasteiger partial charge is 0.478 e. The SMILES string of the molecule is N#Cc1nccnc1Oc1ccc(Br)cc1C(=O)O. The number of nitriles is 1. The molecule has 1 heterocycles. The summed E-state index contributed by atoms with van der Waals surface area (Å²) in [6.45, 7) is 0. The van der Waals surface area contributed by atoms with Crippen LogP contribution in [0.15, 0.2) is 35.1 Å². The zero-order valence-corrected chi connectivity index (χ0v) is 11.0. The highest BCUT2D eigenvalue weighted by molar-refractivity contribution is 9.10. The van der Waals surface area contributed by atoms with Crippen LogP contribution in [0.1, 0.15) is 16.1 Å². The Morgan fingerprint density at radius 3 is 2.79 bits per heavy atom. The van der Waals surface area contributed by atoms with Crippen LogP contribution in [0.5, 0.6) is 11.6 Å². The van der Waals surface area contributed by atoms with Crippen LogP contribution < -0.4 is 4.74 Å². The van der Waals surface area contributed by atoms with Gasteiger partial charge in [-0.25, -0.2) is 14.8 Å². The summed E-state index contributed by atoms with van der Waals surface area (Å²) in [7, 11) is 0. The van der Waals surface area contributed by atoms with Gasteiger partial charge in [-0.15, -0.1) is 0 Å². The van der Waals surface area contributed by atoms with Gasteiger partial charge in [-0.1, -0.05) is 15.9 Å². The van der Waals surface area contributed by atoms with Crippen LogP contribution in [-0.2, 0) is 0 Å². The molecule has 0 radical (unpaired) electrons. The molecule has 19 heavy (non-hydrogen) atoms. The predicted octanol–water partition coefficient (Wildman–Crippen LogP) is 2.60. The molecule has 0 amide bonds. The van der Waals surface area contributed by atoms with E-state index in [4.69, 9.17) is 15.1 Å². The number of carboxylic acid groups (broad SMARTS) is 1. The van der Waals surface area contributed by atoms with E-state index in [1.165, 1.54) is 24.5 Å². The summed E-state index contributed by atoms with van der Waals surface area (Å²) in [5, 5.41) is 18.0. The second kappa shape index (κ2) is 5.46. The van der Waals surface area contributed by atoms with E-state index in [1.54, 1.807) is 6.07 Å². The first-order chi connectivity index (χ1) is 9.11. The van der Waals surface area contributed by atoms with E-state index < -0.39 is 5.97 Å². The van der Waals surface area contributed by atoms with Gasteiger partial charge >= 0.3 is 5.97 Å². The number of hydrogen-bond acceptors (Lipinski definition) is 5. The maximum Gasteiger partial charge on any atom is 0.339 e. The number of ether oxygens (including phenoxy) is 1. The number of hydrogen-bond donors (Lipinski definition) is 1. The van der Waals surface area contributed by atoms with Crippen LogP contribution in [0.25, 0.3) is 0 Å². The van der Waals surface area contributed by atoms with Gasteiger partial charge in [0.05, 0.1) is 0 Å². The molecule has 94 valence electrons. The van der Waals surface area contributed by atoms with Crippen LogP contribution in [0.4, 0.5) is 0 Å². The maximum absolute atomic E-state index is 11.1. The molecule has 1 aromatic carbocycles. The van der Waals surface area contributed by atoms with Gasteiger partial charge in [0, 0.05) is 16.9 Å². The van der Waals surface area contributed by atoms with Crippen LogP contribution in [0, 0.1) is 11.3 Å². The summed E-state index contributed by atoms with van der Waals surface area (Å²) in [6.07, 6.45) is 2.71. The Morgan fingerprint density at radius 2 is 2.11 bits per heavy atom. The average molecular weight is 320 g/mol. The highest BCUT2D eigenvalue weighted by Crippen LogP contribution is 2.28. The highest BCUT2D eigenvalue weighted by atomic mass is 79.9. The monoisotopic (exact) mass is 319 g/mol. The summed E-state index contributed by atoms with van der Waals surface area (Å²) in [4.78, 5) is 18.8. The third kappa shape index (κ3) is 2.86. The van der Waals surface area contributed by atoms with Gasteiger partial charge in [-0.05, 0) is 18.2 Å². The zero-order chi connectivity index (χ0) is 13.8. The van der Waals surface area contributed by atoms with E-state index in [2.05, 4.69) is 25.9 Å². The maximum atomic E-state index is 11.1. The van der Waals surface area contributed by atoms with Crippen molar-refractivity contribution in [1.29, 1.82) is 5.26 Å². The summed E-state index contributed by atoms with van der Waals surface area (Å²) in [5.41, 5.74) is -0.0503. The first-order valence-corrected chi connectivity index (χ1v) is 5.83. The standard InChI is InChI=1S/C12H6BrN3O3/c13-7-1-2-10(8(5-7)12(17)18)19-11-9(6-14)15-3-4-16-11/h1-5H,(H,17,18). The molecule has 0 fully saturated rings. The summed E-state index contributed by atoms with van der Waals surface area (Å²) < 4.78 is 5.96. The lowest BCUT2D eigenvalue weighted by Crippen LogP contribution is -2.02. The first-order valence-electron chi connectivity index (χ1n) is 5.03. The van der Waals surface area contributed by atoms with Crippen molar-refractivity contribution in [3.8, 4) is 17.7 Å². The molecule has 0 saturated heterocycles. The molecular weight excluding hydrogens is 314 g/mol. The number of nitrogens with zero attached hydrogens (tertiary/aromatic N) is 3. The van der Waals surface area contributed by atoms with Gasteiger partial charge in [0.1, 0.15) is 17.4 Å². The molecule has 0 atom stereocenters. The smallest absolute Gasteiger partial charge is 0.339 e. The third-order valence-electron chi connectivity index (χ3n) is 2.15. The molecule has 7 heteroatoms. The topological polar surface area (TPSA) is 96.1 Å². The van der Waals surface area contributed by atoms with Crippen molar-refractivity contribution in [2.24, 2.45) is 0 Å². The Balaban J connectivity index is 2.44. The summed E-state index contributed by atoms with van der Waals surface area (Å²) in [6, 6.07) is 6.33. The highest BCUT2D eigenvalue weighted by Gasteiger charge is 2.15. The minimum absolute atomic E-state index is 0.0123. The molecule has 0 aliphatic heterocycles. The molecule has 1 aromatic heterocycles. The van der Waals surface area contributed by atoms with E-state index in [9.17, 15) is 4.79 Å². The first kappa shape index (κ1) is 13.0. The van der Waals surface area contributed by atoms with Crippen molar-refractivity contribution in [3.05, 3.63) is 46.3 Å². The van der Waals surface area contributed by atoms with Gasteiger partial charge in [0.25, 0.3) is 5.88 Å². The van der Waals surface area contributed by atoms with Gasteiger partial charge < -0.3 is 9.84 Å². The van der Waals surface area contributed by atoms with Crippen molar-refractivity contribution in [2.75, 3.05) is 0 Å². The lowest BCUT2D eigenvalue weighted by Gasteiger charge is -2.08. The number of rotatable bonds is 3. The molecule has 0 aliphatic rings. The Hall–Kier alpha value is -2.46. The van der Waals surface area contributed by atoms with Gasteiger partial charge in [0.2, 0.25) is 5.69 Å². The fraction of sp³-hybridized carbons (Fsp3) is 0. The Labute approximate surface area is 116 Å². The summed E-state index contributed by atoms with van der Waals surface area (Å²) >= 11 is 3.18. The quantitative estimate of drug-likeness (QED) is 0.934. The molecule has 1 N–H and O–H groups in total. The van der Waals surface area contributed by atoms with E-state index >= 15 is 0 Å².